The SMILES string of the molecule is CN=C(NCCC1=CCCCC1)N1CCC(c2cnn(C)c2)C1. The molecule has 126 valence electrons. The van der Waals surface area contributed by atoms with Gasteiger partial charge < -0.3 is 10.2 Å². The van der Waals surface area contributed by atoms with E-state index in [9.17, 15) is 0 Å². The van der Waals surface area contributed by atoms with Crippen molar-refractivity contribution in [2.24, 2.45) is 12.0 Å². The second kappa shape index (κ2) is 7.66. The fourth-order valence-corrected chi connectivity index (χ4v) is 3.67. The van der Waals surface area contributed by atoms with E-state index in [1.807, 2.05) is 25.0 Å². The van der Waals surface area contributed by atoms with Crippen molar-refractivity contribution >= 4 is 5.96 Å². The number of likely N-dealkylation sites (tertiary alicyclic amines) is 1. The van der Waals surface area contributed by atoms with Gasteiger partial charge in [-0.1, -0.05) is 11.6 Å². The molecule has 2 aliphatic rings. The van der Waals surface area contributed by atoms with Gasteiger partial charge in [0, 0.05) is 45.8 Å². The van der Waals surface area contributed by atoms with Crippen molar-refractivity contribution < 1.29 is 0 Å². The van der Waals surface area contributed by atoms with Gasteiger partial charge in [0.25, 0.3) is 0 Å². The number of aliphatic imine (C=N–C) groups is 1. The van der Waals surface area contributed by atoms with Gasteiger partial charge in [0.15, 0.2) is 5.96 Å². The highest BCUT2D eigenvalue weighted by atomic mass is 15.3. The maximum absolute atomic E-state index is 4.48. The maximum Gasteiger partial charge on any atom is 0.193 e. The Morgan fingerprint density at radius 3 is 3.04 bits per heavy atom. The molecule has 2 heterocycles. The van der Waals surface area contributed by atoms with Gasteiger partial charge in [-0.3, -0.25) is 9.67 Å². The van der Waals surface area contributed by atoms with Crippen LogP contribution in [0.15, 0.2) is 29.0 Å². The first-order chi connectivity index (χ1) is 11.3. The average Bonchev–Trinajstić information content (AvgIpc) is 3.21. The number of aryl methyl sites for hydroxylation is 1. The fourth-order valence-electron chi connectivity index (χ4n) is 3.67. The first kappa shape index (κ1) is 16.1. The summed E-state index contributed by atoms with van der Waals surface area (Å²) in [5, 5.41) is 7.85. The molecule has 0 radical (unpaired) electrons. The molecule has 0 bridgehead atoms. The Labute approximate surface area is 139 Å². The summed E-state index contributed by atoms with van der Waals surface area (Å²) in [6.45, 7) is 3.10. The quantitative estimate of drug-likeness (QED) is 0.528. The van der Waals surface area contributed by atoms with Gasteiger partial charge in [0.2, 0.25) is 0 Å². The molecule has 3 rings (SSSR count). The van der Waals surface area contributed by atoms with Crippen LogP contribution >= 0.6 is 0 Å². The molecule has 0 saturated carbocycles. The van der Waals surface area contributed by atoms with E-state index in [4.69, 9.17) is 0 Å². The minimum Gasteiger partial charge on any atom is -0.356 e. The molecule has 1 saturated heterocycles. The first-order valence-corrected chi connectivity index (χ1v) is 8.88. The Kier molecular flexibility index (Phi) is 5.36. The lowest BCUT2D eigenvalue weighted by molar-refractivity contribution is 0.485. The highest BCUT2D eigenvalue weighted by Crippen LogP contribution is 2.26. The number of hydrogen-bond donors (Lipinski definition) is 1. The predicted octanol–water partition coefficient (Wildman–Crippen LogP) is 2.68. The van der Waals surface area contributed by atoms with Gasteiger partial charge in [0.1, 0.15) is 0 Å². The molecule has 1 unspecified atom stereocenters. The molecular weight excluding hydrogens is 286 g/mol. The number of allylic oxidation sites excluding steroid dienone is 1. The predicted molar refractivity (Wildman–Crippen MR) is 94.7 cm³/mol. The summed E-state index contributed by atoms with van der Waals surface area (Å²) in [6.07, 6.45) is 14.2. The van der Waals surface area contributed by atoms with Crippen LogP contribution in [-0.2, 0) is 7.05 Å². The van der Waals surface area contributed by atoms with Crippen molar-refractivity contribution in [3.8, 4) is 0 Å². The lowest BCUT2D eigenvalue weighted by Crippen LogP contribution is -2.40. The molecule has 1 aromatic rings. The van der Waals surface area contributed by atoms with E-state index >= 15 is 0 Å². The van der Waals surface area contributed by atoms with Gasteiger partial charge in [-0.15, -0.1) is 0 Å². The summed E-state index contributed by atoms with van der Waals surface area (Å²) in [7, 11) is 3.87. The zero-order chi connectivity index (χ0) is 16.1. The Morgan fingerprint density at radius 2 is 2.35 bits per heavy atom. The van der Waals surface area contributed by atoms with E-state index in [-0.39, 0.29) is 0 Å². The number of guanidine groups is 1. The molecule has 0 spiro atoms. The molecule has 1 aromatic heterocycles. The van der Waals surface area contributed by atoms with E-state index in [0.29, 0.717) is 5.92 Å². The van der Waals surface area contributed by atoms with Gasteiger partial charge in [0.05, 0.1) is 6.20 Å². The highest BCUT2D eigenvalue weighted by Gasteiger charge is 2.26. The summed E-state index contributed by atoms with van der Waals surface area (Å²) in [5.74, 6) is 1.62. The third-order valence-corrected chi connectivity index (χ3v) is 5.01. The molecule has 5 heteroatoms. The normalized spacial score (nSPS) is 22.3. The van der Waals surface area contributed by atoms with Crippen molar-refractivity contribution in [3.63, 3.8) is 0 Å². The number of hydrogen-bond acceptors (Lipinski definition) is 2. The summed E-state index contributed by atoms with van der Waals surface area (Å²) < 4.78 is 1.89. The molecule has 1 aliphatic heterocycles. The monoisotopic (exact) mass is 315 g/mol. The number of rotatable bonds is 4. The minimum absolute atomic E-state index is 0.573. The van der Waals surface area contributed by atoms with Crippen LogP contribution in [0, 0.1) is 0 Å². The molecule has 1 atom stereocenters. The third kappa shape index (κ3) is 4.15. The van der Waals surface area contributed by atoms with E-state index in [2.05, 4.69) is 32.6 Å². The zero-order valence-corrected chi connectivity index (χ0v) is 14.5. The number of aromatic nitrogens is 2. The molecule has 0 aromatic carbocycles. The van der Waals surface area contributed by atoms with E-state index in [1.54, 1.807) is 5.57 Å². The van der Waals surface area contributed by atoms with Crippen LogP contribution in [0.5, 0.6) is 0 Å². The van der Waals surface area contributed by atoms with E-state index < -0.39 is 0 Å². The summed E-state index contributed by atoms with van der Waals surface area (Å²) in [5.41, 5.74) is 2.96. The average molecular weight is 315 g/mol. The maximum atomic E-state index is 4.48. The Bertz CT molecular complexity index is 572. The number of nitrogens with zero attached hydrogens (tertiary/aromatic N) is 4. The standard InChI is InChI=1S/C18H29N5/c1-19-18(20-10-8-15-6-4-3-5-7-15)23-11-9-16(14-23)17-12-21-22(2)13-17/h6,12-13,16H,3-5,7-11,14H2,1-2H3,(H,19,20). The van der Waals surface area contributed by atoms with Crippen molar-refractivity contribution in [1.82, 2.24) is 20.0 Å². The lowest BCUT2D eigenvalue weighted by atomic mass is 9.97. The van der Waals surface area contributed by atoms with Crippen molar-refractivity contribution in [1.29, 1.82) is 0 Å². The van der Waals surface area contributed by atoms with Crippen LogP contribution in [0.1, 0.15) is 50.0 Å². The van der Waals surface area contributed by atoms with Crippen LogP contribution in [0.25, 0.3) is 0 Å². The molecule has 1 N–H and O–H groups in total. The van der Waals surface area contributed by atoms with Crippen LogP contribution in [-0.4, -0.2) is 47.3 Å². The molecule has 1 aliphatic carbocycles. The second-order valence-corrected chi connectivity index (χ2v) is 6.71. The van der Waals surface area contributed by atoms with Gasteiger partial charge in [-0.25, -0.2) is 0 Å². The zero-order valence-electron chi connectivity index (χ0n) is 14.5. The summed E-state index contributed by atoms with van der Waals surface area (Å²) in [6, 6.07) is 0. The highest BCUT2D eigenvalue weighted by molar-refractivity contribution is 5.80. The summed E-state index contributed by atoms with van der Waals surface area (Å²) >= 11 is 0. The van der Waals surface area contributed by atoms with Crippen molar-refractivity contribution in [2.75, 3.05) is 26.7 Å². The van der Waals surface area contributed by atoms with Gasteiger partial charge in [-0.2, -0.15) is 5.10 Å². The fraction of sp³-hybridized carbons (Fsp3) is 0.667. The van der Waals surface area contributed by atoms with Crippen LogP contribution in [0.2, 0.25) is 0 Å². The van der Waals surface area contributed by atoms with Crippen LogP contribution in [0.3, 0.4) is 0 Å². The molecule has 23 heavy (non-hydrogen) atoms. The summed E-state index contributed by atoms with van der Waals surface area (Å²) in [4.78, 5) is 6.86. The van der Waals surface area contributed by atoms with Gasteiger partial charge in [-0.05, 0) is 44.1 Å². The van der Waals surface area contributed by atoms with Crippen LogP contribution < -0.4 is 5.32 Å². The Morgan fingerprint density at radius 1 is 1.43 bits per heavy atom. The van der Waals surface area contributed by atoms with Gasteiger partial charge >= 0.3 is 0 Å². The Balaban J connectivity index is 1.48. The Hall–Kier alpha value is -1.78. The van der Waals surface area contributed by atoms with E-state index in [0.717, 1.165) is 32.0 Å². The third-order valence-electron chi connectivity index (χ3n) is 5.01. The smallest absolute Gasteiger partial charge is 0.193 e. The van der Waals surface area contributed by atoms with Crippen molar-refractivity contribution in [3.05, 3.63) is 29.6 Å². The lowest BCUT2D eigenvalue weighted by Gasteiger charge is -2.22. The van der Waals surface area contributed by atoms with E-state index in [1.165, 1.54) is 37.7 Å². The molecule has 5 nitrogen and oxygen atoms in total. The van der Waals surface area contributed by atoms with Crippen molar-refractivity contribution in [2.45, 2.75) is 44.4 Å². The van der Waals surface area contributed by atoms with Crippen LogP contribution in [0.4, 0.5) is 0 Å². The minimum atomic E-state index is 0.573. The first-order valence-electron chi connectivity index (χ1n) is 8.88. The molecular formula is C18H29N5. The topological polar surface area (TPSA) is 45.5 Å². The molecule has 0 amide bonds. The molecule has 1 fully saturated rings. The second-order valence-electron chi connectivity index (χ2n) is 6.71. The largest absolute Gasteiger partial charge is 0.356 e. The number of nitrogens with one attached hydrogen (secondary N) is 1.